The summed E-state index contributed by atoms with van der Waals surface area (Å²) in [5.41, 5.74) is 5.33. The second-order valence-corrected chi connectivity index (χ2v) is 9.91. The summed E-state index contributed by atoms with van der Waals surface area (Å²) in [5.74, 6) is -0.562. The van der Waals surface area contributed by atoms with Crippen LogP contribution in [0.5, 0.6) is 0 Å². The monoisotopic (exact) mass is 504 g/mol. The van der Waals surface area contributed by atoms with E-state index in [0.717, 1.165) is 29.1 Å². The van der Waals surface area contributed by atoms with Gasteiger partial charge in [0.05, 0.1) is 25.2 Å². The second-order valence-electron chi connectivity index (χ2n) is 8.87. The molecule has 0 aliphatic carbocycles. The van der Waals surface area contributed by atoms with Crippen molar-refractivity contribution in [2.75, 3.05) is 26.3 Å². The number of ether oxygens (including phenoxy) is 1. The number of hydrogen-bond acceptors (Lipinski definition) is 6. The number of carbonyl (C=O) groups excluding carboxylic acids is 2. The Bertz CT molecular complexity index is 1330. The number of aryl methyl sites for hydroxylation is 2. The number of rotatable bonds is 5. The molecule has 4 heterocycles. The summed E-state index contributed by atoms with van der Waals surface area (Å²) in [6, 6.07) is 10.4. The summed E-state index contributed by atoms with van der Waals surface area (Å²) in [7, 11) is 0. The highest BCUT2D eigenvalue weighted by Gasteiger charge is 2.36. The van der Waals surface area contributed by atoms with E-state index in [1.165, 1.54) is 22.3 Å². The molecule has 1 N–H and O–H groups in total. The van der Waals surface area contributed by atoms with Gasteiger partial charge in [-0.15, -0.1) is 0 Å². The van der Waals surface area contributed by atoms with Crippen LogP contribution in [0, 0.1) is 19.3 Å². The summed E-state index contributed by atoms with van der Waals surface area (Å²) in [4.78, 5) is 31.4. The molecule has 0 spiro atoms. The molecule has 0 unspecified atom stereocenters. The van der Waals surface area contributed by atoms with Gasteiger partial charge >= 0.3 is 0 Å². The number of hydrogen-bond donors (Lipinski definition) is 1. The Morgan fingerprint density at radius 2 is 1.92 bits per heavy atom. The molecule has 0 atom stereocenters. The normalized spacial score (nSPS) is 19.0. The average molecular weight is 505 g/mol. The van der Waals surface area contributed by atoms with E-state index in [1.807, 2.05) is 19.9 Å². The lowest BCUT2D eigenvalue weighted by Gasteiger charge is -2.26. The molecule has 1 fully saturated rings. The first kappa shape index (κ1) is 24.2. The summed E-state index contributed by atoms with van der Waals surface area (Å²) in [5, 5.41) is 15.3. The van der Waals surface area contributed by atoms with Crippen molar-refractivity contribution < 1.29 is 14.3 Å². The lowest BCUT2D eigenvalue weighted by atomic mass is 10.1. The number of amidine groups is 2. The topological polar surface area (TPSA) is 103 Å². The maximum Gasteiger partial charge on any atom is 0.283 e. The van der Waals surface area contributed by atoms with Crippen molar-refractivity contribution in [1.29, 1.82) is 5.41 Å². The minimum atomic E-state index is -0.480. The van der Waals surface area contributed by atoms with Gasteiger partial charge in [0.1, 0.15) is 5.04 Å². The number of hydrazone groups is 1. The molecule has 0 bridgehead atoms. The minimum absolute atomic E-state index is 0.0385. The third-order valence-electron chi connectivity index (χ3n) is 6.54. The lowest BCUT2D eigenvalue weighted by molar-refractivity contribution is -0.133. The maximum atomic E-state index is 12.9. The number of fused-ring (bicyclic) bond motifs is 1. The molecule has 36 heavy (non-hydrogen) atoms. The lowest BCUT2D eigenvalue weighted by Crippen LogP contribution is -2.41. The van der Waals surface area contributed by atoms with E-state index in [9.17, 15) is 9.59 Å². The van der Waals surface area contributed by atoms with Crippen LogP contribution in [-0.4, -0.2) is 68.6 Å². The molecule has 1 aromatic carbocycles. The van der Waals surface area contributed by atoms with Crippen molar-refractivity contribution in [2.45, 2.75) is 33.6 Å². The number of aliphatic imine (C=N–C) groups is 1. The number of thioether (sulfide) groups is 1. The fourth-order valence-electron chi connectivity index (χ4n) is 4.52. The van der Waals surface area contributed by atoms with E-state index in [1.54, 1.807) is 11.0 Å². The van der Waals surface area contributed by atoms with Crippen LogP contribution in [-0.2, 0) is 20.7 Å². The molecule has 9 nitrogen and oxygen atoms in total. The molecule has 1 saturated heterocycles. The molecule has 10 heteroatoms. The first-order chi connectivity index (χ1) is 17.4. The number of nitrogens with zero attached hydrogens (tertiary/aromatic N) is 5. The number of carbonyl (C=O) groups is 2. The SMILES string of the molecule is CCc1ccc(-n2c(C)cc(/C=C3/C(=N)N4N=C(CC(=O)N5CCOCC5)SC4=NC3=O)c2C)cc1. The summed E-state index contributed by atoms with van der Waals surface area (Å²) >= 11 is 1.17. The molecule has 0 radical (unpaired) electrons. The van der Waals surface area contributed by atoms with Gasteiger partial charge in [0.25, 0.3) is 5.91 Å². The Labute approximate surface area is 214 Å². The van der Waals surface area contributed by atoms with E-state index in [0.29, 0.717) is 36.5 Å². The van der Waals surface area contributed by atoms with Crippen LogP contribution in [0.2, 0.25) is 0 Å². The summed E-state index contributed by atoms with van der Waals surface area (Å²) < 4.78 is 7.44. The Morgan fingerprint density at radius 3 is 2.61 bits per heavy atom. The standard InChI is InChI=1S/C26H28N6O3S/c1-4-18-5-7-20(8-6-18)31-16(2)13-19(17(31)3)14-21-24(27)32-26(28-25(21)34)36-22(29-32)15-23(33)30-9-11-35-12-10-30/h5-8,13-14,27H,4,9-12,15H2,1-3H3/b21-14-,27-24?. The van der Waals surface area contributed by atoms with E-state index in [2.05, 4.69) is 45.9 Å². The fourth-order valence-corrected chi connectivity index (χ4v) is 5.40. The van der Waals surface area contributed by atoms with Crippen molar-refractivity contribution in [3.8, 4) is 5.69 Å². The van der Waals surface area contributed by atoms with Gasteiger partial charge in [0, 0.05) is 30.2 Å². The third-order valence-corrected chi connectivity index (χ3v) is 7.44. The predicted octanol–water partition coefficient (Wildman–Crippen LogP) is 3.52. The van der Waals surface area contributed by atoms with Gasteiger partial charge in [-0.1, -0.05) is 19.1 Å². The molecule has 2 aromatic rings. The van der Waals surface area contributed by atoms with Crippen molar-refractivity contribution in [3.63, 3.8) is 0 Å². The van der Waals surface area contributed by atoms with Gasteiger partial charge in [0.2, 0.25) is 11.1 Å². The highest BCUT2D eigenvalue weighted by Crippen LogP contribution is 2.31. The van der Waals surface area contributed by atoms with Gasteiger partial charge in [-0.25, -0.2) is 0 Å². The molecule has 2 amide bonds. The highest BCUT2D eigenvalue weighted by atomic mass is 32.2. The quantitative estimate of drug-likeness (QED) is 0.628. The van der Waals surface area contributed by atoms with E-state index in [-0.39, 0.29) is 23.7 Å². The van der Waals surface area contributed by atoms with Gasteiger partial charge in [-0.05, 0) is 67.4 Å². The molecule has 5 rings (SSSR count). The zero-order chi connectivity index (χ0) is 25.4. The zero-order valence-corrected chi connectivity index (χ0v) is 21.4. The molecule has 0 saturated carbocycles. The highest BCUT2D eigenvalue weighted by molar-refractivity contribution is 8.27. The molecule has 3 aliphatic heterocycles. The average Bonchev–Trinajstić information content (AvgIpc) is 3.41. The molecule has 3 aliphatic rings. The van der Waals surface area contributed by atoms with Crippen LogP contribution in [0.4, 0.5) is 0 Å². The van der Waals surface area contributed by atoms with Crippen LogP contribution in [0.1, 0.15) is 35.9 Å². The largest absolute Gasteiger partial charge is 0.378 e. The molecular formula is C26H28N6O3S. The van der Waals surface area contributed by atoms with Crippen molar-refractivity contribution >= 4 is 45.7 Å². The van der Waals surface area contributed by atoms with Crippen LogP contribution in [0.3, 0.4) is 0 Å². The van der Waals surface area contributed by atoms with Crippen LogP contribution in [0.25, 0.3) is 11.8 Å². The number of morpholine rings is 1. The molecule has 186 valence electrons. The Hall–Kier alpha value is -3.50. The number of amides is 2. The van der Waals surface area contributed by atoms with Gasteiger partial charge in [0.15, 0.2) is 5.84 Å². The van der Waals surface area contributed by atoms with Crippen LogP contribution in [0.15, 0.2) is 46.0 Å². The first-order valence-corrected chi connectivity index (χ1v) is 12.8. The second kappa shape index (κ2) is 9.87. The number of nitrogens with one attached hydrogen (secondary N) is 1. The maximum absolute atomic E-state index is 12.9. The minimum Gasteiger partial charge on any atom is -0.378 e. The predicted molar refractivity (Wildman–Crippen MR) is 142 cm³/mol. The van der Waals surface area contributed by atoms with Gasteiger partial charge in [-0.3, -0.25) is 15.0 Å². The first-order valence-electron chi connectivity index (χ1n) is 12.0. The van der Waals surface area contributed by atoms with Gasteiger partial charge < -0.3 is 14.2 Å². The number of aromatic nitrogens is 1. The Balaban J connectivity index is 1.38. The van der Waals surface area contributed by atoms with Crippen molar-refractivity contribution in [3.05, 3.63) is 58.4 Å². The molecular weight excluding hydrogens is 476 g/mol. The zero-order valence-electron chi connectivity index (χ0n) is 20.6. The van der Waals surface area contributed by atoms with Crippen molar-refractivity contribution in [1.82, 2.24) is 14.5 Å². The van der Waals surface area contributed by atoms with E-state index < -0.39 is 5.91 Å². The van der Waals surface area contributed by atoms with Crippen LogP contribution < -0.4 is 0 Å². The van der Waals surface area contributed by atoms with E-state index >= 15 is 0 Å². The number of benzene rings is 1. The Kier molecular flexibility index (Phi) is 6.63. The van der Waals surface area contributed by atoms with Crippen LogP contribution >= 0.6 is 11.8 Å². The summed E-state index contributed by atoms with van der Waals surface area (Å²) in [6.45, 7) is 8.32. The van der Waals surface area contributed by atoms with Crippen molar-refractivity contribution in [2.24, 2.45) is 10.1 Å². The fraction of sp³-hybridized carbons (Fsp3) is 0.346. The Morgan fingerprint density at radius 1 is 1.19 bits per heavy atom. The summed E-state index contributed by atoms with van der Waals surface area (Å²) in [6.07, 6.45) is 2.80. The smallest absolute Gasteiger partial charge is 0.283 e. The van der Waals surface area contributed by atoms with E-state index in [4.69, 9.17) is 10.1 Å². The molecule has 1 aromatic heterocycles. The van der Waals surface area contributed by atoms with Gasteiger partial charge in [-0.2, -0.15) is 15.1 Å². The third kappa shape index (κ3) is 4.54.